The van der Waals surface area contributed by atoms with Crippen LogP contribution in [0, 0.1) is 0 Å². The molecule has 2 N–H and O–H groups in total. The van der Waals surface area contributed by atoms with Crippen molar-refractivity contribution in [3.05, 3.63) is 30.2 Å². The molecule has 0 radical (unpaired) electrons. The van der Waals surface area contributed by atoms with Gasteiger partial charge in [0.25, 0.3) is 0 Å². The molecule has 0 aliphatic heterocycles. The summed E-state index contributed by atoms with van der Waals surface area (Å²) in [5.74, 6) is 0. The number of rotatable bonds is 2. The predicted octanol–water partition coefficient (Wildman–Crippen LogP) is 2.45. The van der Waals surface area contributed by atoms with Gasteiger partial charge in [-0.1, -0.05) is 0 Å². The summed E-state index contributed by atoms with van der Waals surface area (Å²) in [7, 11) is 0. The third-order valence-electron chi connectivity index (χ3n) is 2.38. The number of pyridine rings is 1. The van der Waals surface area contributed by atoms with Gasteiger partial charge in [0.2, 0.25) is 0 Å². The molecule has 2 aromatic rings. The second-order valence-corrected chi connectivity index (χ2v) is 4.84. The molecule has 2 aromatic heterocycles. The van der Waals surface area contributed by atoms with Crippen LogP contribution >= 0.6 is 0 Å². The summed E-state index contributed by atoms with van der Waals surface area (Å²) < 4.78 is 0. The summed E-state index contributed by atoms with van der Waals surface area (Å²) in [5.41, 5.74) is 2.54. The molecule has 2 rings (SSSR count). The lowest BCUT2D eigenvalue weighted by molar-refractivity contribution is 0.425. The zero-order valence-electron chi connectivity index (χ0n) is 9.46. The van der Waals surface area contributed by atoms with Crippen LogP contribution in [-0.4, -0.2) is 15.5 Å². The minimum Gasteiger partial charge on any atom is -0.360 e. The Morgan fingerprint density at radius 1 is 1.40 bits per heavy atom. The van der Waals surface area contributed by atoms with Crippen LogP contribution < -0.4 is 5.32 Å². The van der Waals surface area contributed by atoms with Crippen molar-refractivity contribution in [3.8, 4) is 0 Å². The van der Waals surface area contributed by atoms with Gasteiger partial charge >= 0.3 is 0 Å². The topological polar surface area (TPSA) is 40.7 Å². The van der Waals surface area contributed by atoms with E-state index in [0.717, 1.165) is 12.1 Å². The van der Waals surface area contributed by atoms with Gasteiger partial charge in [-0.25, -0.2) is 0 Å². The van der Waals surface area contributed by atoms with Crippen molar-refractivity contribution in [2.24, 2.45) is 0 Å². The van der Waals surface area contributed by atoms with Crippen molar-refractivity contribution in [1.29, 1.82) is 0 Å². The molecule has 0 bridgehead atoms. The number of aromatic amines is 1. The lowest BCUT2D eigenvalue weighted by Gasteiger charge is -2.20. The number of H-pyrrole nitrogens is 1. The van der Waals surface area contributed by atoms with Gasteiger partial charge < -0.3 is 10.3 Å². The van der Waals surface area contributed by atoms with Crippen LogP contribution in [0.25, 0.3) is 10.9 Å². The normalized spacial score (nSPS) is 12.2. The van der Waals surface area contributed by atoms with Gasteiger partial charge in [-0.3, -0.25) is 4.98 Å². The standard InChI is InChI=1S/C12H17N3/c1-12(2,3)15-7-9-6-14-11-8-13-5-4-10(9)11/h4-6,8,14-15H,7H2,1-3H3. The van der Waals surface area contributed by atoms with Crippen LogP contribution in [0.5, 0.6) is 0 Å². The maximum Gasteiger partial charge on any atom is 0.0643 e. The van der Waals surface area contributed by atoms with E-state index in [9.17, 15) is 0 Å². The second kappa shape index (κ2) is 3.66. The second-order valence-electron chi connectivity index (χ2n) is 4.84. The first kappa shape index (κ1) is 10.2. The summed E-state index contributed by atoms with van der Waals surface area (Å²) in [6, 6.07) is 2.05. The predicted molar refractivity (Wildman–Crippen MR) is 62.7 cm³/mol. The van der Waals surface area contributed by atoms with E-state index in [1.165, 1.54) is 10.9 Å². The van der Waals surface area contributed by atoms with Crippen molar-refractivity contribution in [1.82, 2.24) is 15.3 Å². The Bertz CT molecular complexity index is 451. The highest BCUT2D eigenvalue weighted by Gasteiger charge is 2.10. The molecule has 0 saturated heterocycles. The van der Waals surface area contributed by atoms with E-state index in [2.05, 4.69) is 36.1 Å². The average Bonchev–Trinajstić information content (AvgIpc) is 2.57. The largest absolute Gasteiger partial charge is 0.360 e. The summed E-state index contributed by atoms with van der Waals surface area (Å²) >= 11 is 0. The quantitative estimate of drug-likeness (QED) is 0.787. The smallest absolute Gasteiger partial charge is 0.0643 e. The lowest BCUT2D eigenvalue weighted by atomic mass is 10.1. The lowest BCUT2D eigenvalue weighted by Crippen LogP contribution is -2.34. The molecule has 0 unspecified atom stereocenters. The highest BCUT2D eigenvalue weighted by Crippen LogP contribution is 2.17. The number of hydrogen-bond donors (Lipinski definition) is 2. The maximum atomic E-state index is 4.08. The first-order valence-corrected chi connectivity index (χ1v) is 5.21. The Hall–Kier alpha value is -1.35. The molecule has 2 heterocycles. The van der Waals surface area contributed by atoms with Crippen molar-refractivity contribution in [2.75, 3.05) is 0 Å². The van der Waals surface area contributed by atoms with Crippen LogP contribution in [0.1, 0.15) is 26.3 Å². The summed E-state index contributed by atoms with van der Waals surface area (Å²) in [6.45, 7) is 7.39. The van der Waals surface area contributed by atoms with Crippen LogP contribution in [0.4, 0.5) is 0 Å². The monoisotopic (exact) mass is 203 g/mol. The molecule has 3 nitrogen and oxygen atoms in total. The molecular formula is C12H17N3. The van der Waals surface area contributed by atoms with E-state index < -0.39 is 0 Å². The Labute approximate surface area is 89.9 Å². The SMILES string of the molecule is CC(C)(C)NCc1c[nH]c2cnccc12. The average molecular weight is 203 g/mol. The highest BCUT2D eigenvalue weighted by atomic mass is 14.9. The van der Waals surface area contributed by atoms with E-state index >= 15 is 0 Å². The minimum absolute atomic E-state index is 0.149. The summed E-state index contributed by atoms with van der Waals surface area (Å²) in [4.78, 5) is 7.31. The zero-order valence-corrected chi connectivity index (χ0v) is 9.46. The Morgan fingerprint density at radius 3 is 2.93 bits per heavy atom. The van der Waals surface area contributed by atoms with E-state index in [-0.39, 0.29) is 5.54 Å². The Morgan fingerprint density at radius 2 is 2.20 bits per heavy atom. The molecule has 0 spiro atoms. The molecule has 0 aliphatic carbocycles. The van der Waals surface area contributed by atoms with Gasteiger partial charge in [-0.05, 0) is 32.4 Å². The number of aromatic nitrogens is 2. The van der Waals surface area contributed by atoms with E-state index in [0.29, 0.717) is 0 Å². The van der Waals surface area contributed by atoms with Gasteiger partial charge in [0.1, 0.15) is 0 Å². The van der Waals surface area contributed by atoms with E-state index in [4.69, 9.17) is 0 Å². The van der Waals surface area contributed by atoms with Gasteiger partial charge in [-0.2, -0.15) is 0 Å². The zero-order chi connectivity index (χ0) is 10.9. The third kappa shape index (κ3) is 2.36. The summed E-state index contributed by atoms with van der Waals surface area (Å²) in [6.07, 6.45) is 5.73. The van der Waals surface area contributed by atoms with E-state index in [1.807, 2.05) is 24.7 Å². The molecule has 0 saturated carbocycles. The molecule has 15 heavy (non-hydrogen) atoms. The molecule has 3 heteroatoms. The molecule has 80 valence electrons. The molecule has 0 fully saturated rings. The molecule has 0 aliphatic rings. The van der Waals surface area contributed by atoms with Crippen LogP contribution in [0.15, 0.2) is 24.7 Å². The van der Waals surface area contributed by atoms with E-state index in [1.54, 1.807) is 0 Å². The number of hydrogen-bond acceptors (Lipinski definition) is 2. The summed E-state index contributed by atoms with van der Waals surface area (Å²) in [5, 5.41) is 4.73. The first-order chi connectivity index (χ1) is 7.06. The Balaban J connectivity index is 2.22. The van der Waals surface area contributed by atoms with Gasteiger partial charge in [0.05, 0.1) is 11.7 Å². The van der Waals surface area contributed by atoms with Crippen LogP contribution in [0.3, 0.4) is 0 Å². The van der Waals surface area contributed by atoms with Crippen LogP contribution in [-0.2, 0) is 6.54 Å². The van der Waals surface area contributed by atoms with Gasteiger partial charge in [0.15, 0.2) is 0 Å². The maximum absolute atomic E-state index is 4.08. The highest BCUT2D eigenvalue weighted by molar-refractivity contribution is 5.82. The number of nitrogens with one attached hydrogen (secondary N) is 2. The van der Waals surface area contributed by atoms with Crippen LogP contribution in [0.2, 0.25) is 0 Å². The fraction of sp³-hybridized carbons (Fsp3) is 0.417. The molecular weight excluding hydrogens is 186 g/mol. The van der Waals surface area contributed by atoms with Gasteiger partial charge in [0, 0.05) is 29.9 Å². The van der Waals surface area contributed by atoms with Crippen molar-refractivity contribution in [2.45, 2.75) is 32.9 Å². The molecule has 0 aromatic carbocycles. The van der Waals surface area contributed by atoms with Crippen molar-refractivity contribution in [3.63, 3.8) is 0 Å². The fourth-order valence-corrected chi connectivity index (χ4v) is 1.54. The van der Waals surface area contributed by atoms with Crippen molar-refractivity contribution < 1.29 is 0 Å². The number of fused-ring (bicyclic) bond motifs is 1. The first-order valence-electron chi connectivity index (χ1n) is 5.21. The molecule has 0 atom stereocenters. The molecule has 0 amide bonds. The van der Waals surface area contributed by atoms with Crippen molar-refractivity contribution >= 4 is 10.9 Å². The minimum atomic E-state index is 0.149. The Kier molecular flexibility index (Phi) is 2.49. The fourth-order valence-electron chi connectivity index (χ4n) is 1.54. The third-order valence-corrected chi connectivity index (χ3v) is 2.38. The van der Waals surface area contributed by atoms with Gasteiger partial charge in [-0.15, -0.1) is 0 Å². The number of nitrogens with zero attached hydrogens (tertiary/aromatic N) is 1.